The first-order valence-electron chi connectivity index (χ1n) is 4.98. The van der Waals surface area contributed by atoms with Crippen molar-refractivity contribution in [1.82, 2.24) is 15.2 Å². The average Bonchev–Trinajstić information content (AvgIpc) is 2.68. The monoisotopic (exact) mass is 276 g/mol. The van der Waals surface area contributed by atoms with E-state index in [4.69, 9.17) is 11.6 Å². The third kappa shape index (κ3) is 5.62. The van der Waals surface area contributed by atoms with Gasteiger partial charge >= 0.3 is 0 Å². The van der Waals surface area contributed by atoms with Crippen molar-refractivity contribution < 1.29 is 4.92 Å². The summed E-state index contributed by atoms with van der Waals surface area (Å²) in [5.41, 5.74) is 0. The van der Waals surface area contributed by atoms with Crippen LogP contribution in [0.15, 0.2) is 18.6 Å². The predicted octanol–water partition coefficient (Wildman–Crippen LogP) is 1.91. The van der Waals surface area contributed by atoms with E-state index in [1.165, 1.54) is 17.5 Å². The summed E-state index contributed by atoms with van der Waals surface area (Å²) < 4.78 is 0.525. The molecule has 0 aliphatic carbocycles. The van der Waals surface area contributed by atoms with Gasteiger partial charge in [-0.25, -0.2) is 4.98 Å². The molecule has 0 atom stereocenters. The highest BCUT2D eigenvalue weighted by atomic mass is 35.5. The number of thiazole rings is 1. The molecule has 1 aromatic heterocycles. The molecule has 1 aromatic rings. The molecule has 17 heavy (non-hydrogen) atoms. The second kappa shape index (κ2) is 7.21. The molecule has 1 heterocycles. The van der Waals surface area contributed by atoms with Crippen molar-refractivity contribution in [2.75, 3.05) is 13.2 Å². The van der Waals surface area contributed by atoms with Gasteiger partial charge in [0.05, 0.1) is 17.8 Å². The minimum absolute atomic E-state index is 0.508. The number of hydrogen-bond acceptors (Lipinski definition) is 6. The summed E-state index contributed by atoms with van der Waals surface area (Å²) in [7, 11) is 0. The Balaban J connectivity index is 2.36. The van der Waals surface area contributed by atoms with Gasteiger partial charge in [-0.15, -0.1) is 11.3 Å². The van der Waals surface area contributed by atoms with E-state index in [9.17, 15) is 10.1 Å². The maximum atomic E-state index is 10.1. The van der Waals surface area contributed by atoms with E-state index in [1.54, 1.807) is 6.20 Å². The van der Waals surface area contributed by atoms with Crippen molar-refractivity contribution in [2.24, 2.45) is 0 Å². The van der Waals surface area contributed by atoms with E-state index in [-0.39, 0.29) is 0 Å². The van der Waals surface area contributed by atoms with Crippen LogP contribution in [0.25, 0.3) is 0 Å². The quantitative estimate of drug-likeness (QED) is 0.468. The second-order valence-corrected chi connectivity index (χ2v) is 4.89. The SMILES string of the molecule is CCN(CN/C=C/[N+](=O)[O-])Cc1cnc(Cl)s1. The molecule has 0 aliphatic heterocycles. The Morgan fingerprint density at radius 3 is 3.06 bits per heavy atom. The number of hydrogen-bond donors (Lipinski definition) is 1. The Morgan fingerprint density at radius 2 is 2.53 bits per heavy atom. The van der Waals surface area contributed by atoms with Gasteiger partial charge in [-0.3, -0.25) is 15.0 Å². The number of nitro groups is 1. The normalized spacial score (nSPS) is 11.2. The van der Waals surface area contributed by atoms with Crippen LogP contribution in [-0.4, -0.2) is 28.0 Å². The van der Waals surface area contributed by atoms with Gasteiger partial charge < -0.3 is 5.32 Å². The predicted molar refractivity (Wildman–Crippen MR) is 67.3 cm³/mol. The van der Waals surface area contributed by atoms with Gasteiger partial charge in [-0.1, -0.05) is 18.5 Å². The number of halogens is 1. The largest absolute Gasteiger partial charge is 0.373 e. The Morgan fingerprint density at radius 1 is 1.76 bits per heavy atom. The highest BCUT2D eigenvalue weighted by Gasteiger charge is 2.05. The van der Waals surface area contributed by atoms with Gasteiger partial charge in [0.2, 0.25) is 6.20 Å². The van der Waals surface area contributed by atoms with Gasteiger partial charge in [-0.05, 0) is 6.54 Å². The summed E-state index contributed by atoms with van der Waals surface area (Å²) >= 11 is 7.17. The lowest BCUT2D eigenvalue weighted by Gasteiger charge is -2.18. The smallest absolute Gasteiger partial charge is 0.249 e. The summed E-state index contributed by atoms with van der Waals surface area (Å²) in [6.45, 7) is 4.10. The minimum atomic E-state index is -0.508. The maximum Gasteiger partial charge on any atom is 0.249 e. The zero-order chi connectivity index (χ0) is 12.7. The highest BCUT2D eigenvalue weighted by Crippen LogP contribution is 2.18. The molecule has 1 rings (SSSR count). The third-order valence-corrected chi connectivity index (χ3v) is 3.08. The molecule has 0 spiro atoms. The highest BCUT2D eigenvalue weighted by molar-refractivity contribution is 7.15. The lowest BCUT2D eigenvalue weighted by molar-refractivity contribution is -0.402. The van der Waals surface area contributed by atoms with Crippen LogP contribution in [-0.2, 0) is 6.54 Å². The maximum absolute atomic E-state index is 10.1. The molecule has 0 radical (unpaired) electrons. The fourth-order valence-electron chi connectivity index (χ4n) is 1.15. The Bertz CT molecular complexity index is 396. The molecule has 8 heteroatoms. The second-order valence-electron chi connectivity index (χ2n) is 3.19. The lowest BCUT2D eigenvalue weighted by Crippen LogP contribution is -2.31. The standard InChI is InChI=1S/C9H13ClN4O2S/c1-2-13(7-11-3-4-14(15)16)6-8-5-12-9(10)17-8/h3-5,11H,2,6-7H2,1H3/b4-3+. The fraction of sp³-hybridized carbons (Fsp3) is 0.444. The van der Waals surface area contributed by atoms with Crippen LogP contribution in [0, 0.1) is 10.1 Å². The van der Waals surface area contributed by atoms with Crippen LogP contribution in [0.3, 0.4) is 0 Å². The van der Waals surface area contributed by atoms with Crippen LogP contribution in [0.5, 0.6) is 0 Å². The number of rotatable bonds is 7. The Kier molecular flexibility index (Phi) is 5.88. The summed E-state index contributed by atoms with van der Waals surface area (Å²) in [4.78, 5) is 16.6. The van der Waals surface area contributed by atoms with Crippen LogP contribution in [0.2, 0.25) is 4.47 Å². The molecule has 6 nitrogen and oxygen atoms in total. The molecule has 0 unspecified atom stereocenters. The summed E-state index contributed by atoms with van der Waals surface area (Å²) in [6.07, 6.45) is 3.93. The number of nitrogens with zero attached hydrogens (tertiary/aromatic N) is 3. The molecule has 0 aliphatic rings. The Labute approximate surface area is 108 Å². The van der Waals surface area contributed by atoms with Gasteiger partial charge in [0.15, 0.2) is 4.47 Å². The molecule has 0 aromatic carbocycles. The van der Waals surface area contributed by atoms with E-state index >= 15 is 0 Å². The van der Waals surface area contributed by atoms with Crippen molar-refractivity contribution >= 4 is 22.9 Å². The third-order valence-electron chi connectivity index (χ3n) is 1.98. The first-order valence-corrected chi connectivity index (χ1v) is 6.17. The average molecular weight is 277 g/mol. The fourth-order valence-corrected chi connectivity index (χ4v) is 2.17. The van der Waals surface area contributed by atoms with E-state index in [0.29, 0.717) is 11.1 Å². The zero-order valence-electron chi connectivity index (χ0n) is 9.30. The van der Waals surface area contributed by atoms with Crippen LogP contribution < -0.4 is 5.32 Å². The summed E-state index contributed by atoms with van der Waals surface area (Å²) in [6, 6.07) is 0. The van der Waals surface area contributed by atoms with Crippen molar-refractivity contribution in [1.29, 1.82) is 0 Å². The topological polar surface area (TPSA) is 71.3 Å². The van der Waals surface area contributed by atoms with Gasteiger partial charge in [-0.2, -0.15) is 0 Å². The molecular weight excluding hydrogens is 264 g/mol. The van der Waals surface area contributed by atoms with Crippen molar-refractivity contribution in [2.45, 2.75) is 13.5 Å². The number of nitrogens with one attached hydrogen (secondary N) is 1. The van der Waals surface area contributed by atoms with Gasteiger partial charge in [0.25, 0.3) is 0 Å². The van der Waals surface area contributed by atoms with Gasteiger partial charge in [0.1, 0.15) is 0 Å². The molecular formula is C9H13ClN4O2S. The Hall–Kier alpha value is -1.18. The molecule has 0 fully saturated rings. The summed E-state index contributed by atoms with van der Waals surface area (Å²) in [5, 5.41) is 12.9. The van der Waals surface area contributed by atoms with Crippen molar-refractivity contribution in [3.05, 3.63) is 38.1 Å². The molecule has 0 amide bonds. The molecule has 94 valence electrons. The van der Waals surface area contributed by atoms with E-state index < -0.39 is 4.92 Å². The molecule has 0 saturated heterocycles. The molecule has 1 N–H and O–H groups in total. The summed E-state index contributed by atoms with van der Waals surface area (Å²) in [5.74, 6) is 0. The number of aromatic nitrogens is 1. The van der Waals surface area contributed by atoms with Crippen molar-refractivity contribution in [3.63, 3.8) is 0 Å². The zero-order valence-corrected chi connectivity index (χ0v) is 10.9. The molecule has 0 saturated carbocycles. The van der Waals surface area contributed by atoms with E-state index in [2.05, 4.69) is 15.2 Å². The van der Waals surface area contributed by atoms with E-state index in [1.807, 2.05) is 6.92 Å². The van der Waals surface area contributed by atoms with Crippen LogP contribution >= 0.6 is 22.9 Å². The first kappa shape index (κ1) is 13.9. The van der Waals surface area contributed by atoms with Crippen LogP contribution in [0.1, 0.15) is 11.8 Å². The lowest BCUT2D eigenvalue weighted by atomic mass is 10.4. The minimum Gasteiger partial charge on any atom is -0.373 e. The van der Waals surface area contributed by atoms with E-state index in [0.717, 1.165) is 24.2 Å². The van der Waals surface area contributed by atoms with Gasteiger partial charge in [0, 0.05) is 17.6 Å². The van der Waals surface area contributed by atoms with Crippen LogP contribution in [0.4, 0.5) is 0 Å². The first-order chi connectivity index (χ1) is 8.11. The molecule has 0 bridgehead atoms. The van der Waals surface area contributed by atoms with Crippen molar-refractivity contribution in [3.8, 4) is 0 Å².